The van der Waals surface area contributed by atoms with Crippen molar-refractivity contribution >= 4 is 0 Å². The van der Waals surface area contributed by atoms with Crippen LogP contribution < -0.4 is 5.73 Å². The SMILES string of the molecule is CC(C)CCN(C)C(CN)c1cc(F)cc(C(F)(F)F)c1. The van der Waals surface area contributed by atoms with Gasteiger partial charge in [0.1, 0.15) is 5.82 Å². The van der Waals surface area contributed by atoms with Crippen LogP contribution in [0.25, 0.3) is 0 Å². The summed E-state index contributed by atoms with van der Waals surface area (Å²) >= 11 is 0. The summed E-state index contributed by atoms with van der Waals surface area (Å²) in [5.41, 5.74) is 4.96. The van der Waals surface area contributed by atoms with E-state index >= 15 is 0 Å². The number of halogens is 4. The molecule has 0 spiro atoms. The summed E-state index contributed by atoms with van der Waals surface area (Å²) in [4.78, 5) is 1.87. The molecule has 1 aromatic rings. The zero-order valence-corrected chi connectivity index (χ0v) is 12.5. The molecule has 2 nitrogen and oxygen atoms in total. The van der Waals surface area contributed by atoms with Crippen LogP contribution in [0.15, 0.2) is 18.2 Å². The van der Waals surface area contributed by atoms with Crippen molar-refractivity contribution in [3.05, 3.63) is 35.1 Å². The Morgan fingerprint density at radius 3 is 2.29 bits per heavy atom. The summed E-state index contributed by atoms with van der Waals surface area (Å²) in [6, 6.07) is 2.18. The first kappa shape index (κ1) is 17.9. The monoisotopic (exact) mass is 306 g/mol. The summed E-state index contributed by atoms with van der Waals surface area (Å²) in [5.74, 6) is -0.417. The van der Waals surface area contributed by atoms with Crippen molar-refractivity contribution in [3.8, 4) is 0 Å². The van der Waals surface area contributed by atoms with Crippen molar-refractivity contribution in [2.45, 2.75) is 32.5 Å². The second kappa shape index (κ2) is 7.22. The number of hydrogen-bond acceptors (Lipinski definition) is 2. The highest BCUT2D eigenvalue weighted by atomic mass is 19.4. The Bertz CT molecular complexity index is 457. The molecule has 21 heavy (non-hydrogen) atoms. The van der Waals surface area contributed by atoms with E-state index in [-0.39, 0.29) is 12.1 Å². The summed E-state index contributed by atoms with van der Waals surface area (Å²) in [6.07, 6.45) is -3.67. The molecular weight excluding hydrogens is 284 g/mol. The molecule has 2 N–H and O–H groups in total. The normalized spacial score (nSPS) is 14.0. The zero-order valence-electron chi connectivity index (χ0n) is 12.5. The van der Waals surface area contributed by atoms with Gasteiger partial charge in [0.15, 0.2) is 0 Å². The second-order valence-electron chi connectivity index (χ2n) is 5.69. The molecule has 0 aromatic heterocycles. The van der Waals surface area contributed by atoms with Gasteiger partial charge in [0.25, 0.3) is 0 Å². The minimum atomic E-state index is -4.56. The van der Waals surface area contributed by atoms with Crippen LogP contribution in [-0.4, -0.2) is 25.0 Å². The van der Waals surface area contributed by atoms with E-state index in [1.165, 1.54) is 0 Å². The summed E-state index contributed by atoms with van der Waals surface area (Å²) in [7, 11) is 1.79. The fraction of sp³-hybridized carbons (Fsp3) is 0.600. The van der Waals surface area contributed by atoms with Crippen LogP contribution in [0.1, 0.15) is 37.4 Å². The Kier molecular flexibility index (Phi) is 6.16. The quantitative estimate of drug-likeness (QED) is 0.810. The van der Waals surface area contributed by atoms with E-state index in [4.69, 9.17) is 5.73 Å². The first-order valence-electron chi connectivity index (χ1n) is 6.93. The molecule has 120 valence electrons. The first-order chi connectivity index (χ1) is 9.65. The van der Waals surface area contributed by atoms with Gasteiger partial charge in [-0.3, -0.25) is 4.90 Å². The van der Waals surface area contributed by atoms with Crippen LogP contribution in [0.4, 0.5) is 17.6 Å². The molecule has 0 fully saturated rings. The van der Waals surface area contributed by atoms with Gasteiger partial charge in [-0.1, -0.05) is 13.8 Å². The number of benzene rings is 1. The Balaban J connectivity index is 3.02. The number of hydrogen-bond donors (Lipinski definition) is 1. The van der Waals surface area contributed by atoms with Gasteiger partial charge in [0, 0.05) is 12.6 Å². The average Bonchev–Trinajstić information content (AvgIpc) is 2.35. The fourth-order valence-electron chi connectivity index (χ4n) is 2.16. The highest BCUT2D eigenvalue weighted by molar-refractivity contribution is 5.29. The minimum absolute atomic E-state index is 0.134. The Labute approximate surface area is 122 Å². The highest BCUT2D eigenvalue weighted by Crippen LogP contribution is 2.32. The molecule has 6 heteroatoms. The number of likely N-dealkylation sites (N-methyl/N-ethyl adjacent to an activating group) is 1. The number of rotatable bonds is 6. The van der Waals surface area contributed by atoms with E-state index in [1.54, 1.807) is 7.05 Å². The van der Waals surface area contributed by atoms with Crippen LogP contribution in [0.2, 0.25) is 0 Å². The van der Waals surface area contributed by atoms with E-state index in [1.807, 2.05) is 4.90 Å². The Morgan fingerprint density at radius 1 is 1.19 bits per heavy atom. The molecule has 1 unspecified atom stereocenters. The lowest BCUT2D eigenvalue weighted by Gasteiger charge is -2.28. The van der Waals surface area contributed by atoms with Crippen LogP contribution in [0, 0.1) is 11.7 Å². The second-order valence-corrected chi connectivity index (χ2v) is 5.69. The number of nitrogens with zero attached hydrogens (tertiary/aromatic N) is 1. The van der Waals surface area contributed by atoms with E-state index < -0.39 is 23.6 Å². The van der Waals surface area contributed by atoms with Gasteiger partial charge in [-0.2, -0.15) is 13.2 Å². The molecule has 0 radical (unpaired) electrons. The highest BCUT2D eigenvalue weighted by Gasteiger charge is 2.32. The largest absolute Gasteiger partial charge is 0.416 e. The maximum Gasteiger partial charge on any atom is 0.416 e. The Hall–Kier alpha value is -1.14. The van der Waals surface area contributed by atoms with Gasteiger partial charge in [-0.15, -0.1) is 0 Å². The molecular formula is C15H22F4N2. The van der Waals surface area contributed by atoms with Crippen LogP contribution >= 0.6 is 0 Å². The number of alkyl halides is 3. The molecule has 0 aliphatic carbocycles. The first-order valence-corrected chi connectivity index (χ1v) is 6.93. The van der Waals surface area contributed by atoms with Crippen molar-refractivity contribution < 1.29 is 17.6 Å². The molecule has 0 heterocycles. The van der Waals surface area contributed by atoms with Crippen molar-refractivity contribution in [3.63, 3.8) is 0 Å². The molecule has 0 bridgehead atoms. The van der Waals surface area contributed by atoms with E-state index in [0.717, 1.165) is 18.6 Å². The molecule has 1 rings (SSSR count). The lowest BCUT2D eigenvalue weighted by Crippen LogP contribution is -2.32. The molecule has 1 aromatic carbocycles. The van der Waals surface area contributed by atoms with Crippen LogP contribution in [0.5, 0.6) is 0 Å². The van der Waals surface area contributed by atoms with Gasteiger partial charge < -0.3 is 5.73 Å². The van der Waals surface area contributed by atoms with Crippen LogP contribution in [0.3, 0.4) is 0 Å². The predicted octanol–water partition coefficient (Wildman–Crippen LogP) is 3.82. The van der Waals surface area contributed by atoms with Crippen molar-refractivity contribution in [2.24, 2.45) is 11.7 Å². The minimum Gasteiger partial charge on any atom is -0.329 e. The van der Waals surface area contributed by atoms with Gasteiger partial charge in [0.05, 0.1) is 5.56 Å². The third-order valence-corrected chi connectivity index (χ3v) is 3.45. The maximum atomic E-state index is 13.5. The smallest absolute Gasteiger partial charge is 0.329 e. The Morgan fingerprint density at radius 2 is 1.81 bits per heavy atom. The predicted molar refractivity (Wildman–Crippen MR) is 75.3 cm³/mol. The summed E-state index contributed by atoms with van der Waals surface area (Å²) in [6.45, 7) is 4.96. The molecule has 0 aliphatic heterocycles. The third-order valence-electron chi connectivity index (χ3n) is 3.45. The number of nitrogens with two attached hydrogens (primary N) is 1. The molecule has 0 amide bonds. The van der Waals surface area contributed by atoms with E-state index in [2.05, 4.69) is 13.8 Å². The lowest BCUT2D eigenvalue weighted by atomic mass is 10.0. The van der Waals surface area contributed by atoms with Crippen molar-refractivity contribution in [2.75, 3.05) is 20.1 Å². The molecule has 1 atom stereocenters. The topological polar surface area (TPSA) is 29.3 Å². The van der Waals surface area contributed by atoms with Crippen LogP contribution in [-0.2, 0) is 6.18 Å². The van der Waals surface area contributed by atoms with Crippen molar-refractivity contribution in [1.82, 2.24) is 4.90 Å². The summed E-state index contributed by atoms with van der Waals surface area (Å²) in [5, 5.41) is 0. The molecule has 0 saturated carbocycles. The van der Waals surface area contributed by atoms with E-state index in [9.17, 15) is 17.6 Å². The van der Waals surface area contributed by atoms with Gasteiger partial charge in [-0.05, 0) is 49.7 Å². The van der Waals surface area contributed by atoms with Gasteiger partial charge in [0.2, 0.25) is 0 Å². The standard InChI is InChI=1S/C15H22F4N2/c1-10(2)4-5-21(3)14(9-20)11-6-12(15(17,18)19)8-13(16)7-11/h6-8,10,14H,4-5,9,20H2,1-3H3. The fourth-order valence-corrected chi connectivity index (χ4v) is 2.16. The van der Waals surface area contributed by atoms with Gasteiger partial charge >= 0.3 is 6.18 Å². The van der Waals surface area contributed by atoms with Gasteiger partial charge in [-0.25, -0.2) is 4.39 Å². The van der Waals surface area contributed by atoms with Crippen molar-refractivity contribution in [1.29, 1.82) is 0 Å². The lowest BCUT2D eigenvalue weighted by molar-refractivity contribution is -0.137. The maximum absolute atomic E-state index is 13.5. The third kappa shape index (κ3) is 5.28. The molecule has 0 aliphatic rings. The van der Waals surface area contributed by atoms with E-state index in [0.29, 0.717) is 18.5 Å². The molecule has 0 saturated heterocycles. The average molecular weight is 306 g/mol. The zero-order chi connectivity index (χ0) is 16.2. The summed E-state index contributed by atoms with van der Waals surface area (Å²) < 4.78 is 51.7.